The Bertz CT molecular complexity index is 2930. The van der Waals surface area contributed by atoms with Gasteiger partial charge in [0.1, 0.15) is 29.5 Å². The van der Waals surface area contributed by atoms with Crippen molar-refractivity contribution in [1.29, 1.82) is 0 Å². The highest BCUT2D eigenvalue weighted by molar-refractivity contribution is 7.90. The van der Waals surface area contributed by atoms with E-state index in [0.29, 0.717) is 35.8 Å². The Morgan fingerprint density at radius 3 is 2.61 bits per heavy atom. The normalized spacial score (nSPS) is 19.5. The molecule has 2 atom stereocenters. The fourth-order valence-electron chi connectivity index (χ4n) is 10.5. The van der Waals surface area contributed by atoms with Gasteiger partial charge in [-0.3, -0.25) is 19.8 Å². The average molecular weight is 913 g/mol. The molecule has 3 aromatic heterocycles. The lowest BCUT2D eigenvalue weighted by atomic mass is 9.59. The second kappa shape index (κ2) is 17.3. The van der Waals surface area contributed by atoms with Crippen LogP contribution in [-0.2, 0) is 16.4 Å². The number of phenols is 1. The second-order valence-electron chi connectivity index (χ2n) is 18.5. The molecule has 1 aliphatic carbocycles. The van der Waals surface area contributed by atoms with E-state index in [1.807, 2.05) is 6.07 Å². The van der Waals surface area contributed by atoms with Crippen LogP contribution in [0.5, 0.6) is 23.1 Å². The molecule has 17 heteroatoms. The molecule has 4 N–H and O–H groups in total. The van der Waals surface area contributed by atoms with Gasteiger partial charge in [-0.2, -0.15) is 13.4 Å². The summed E-state index contributed by atoms with van der Waals surface area (Å²) in [5.74, 6) is -0.262. The first-order valence-corrected chi connectivity index (χ1v) is 24.1. The second-order valence-corrected chi connectivity index (χ2v) is 20.1. The molecule has 66 heavy (non-hydrogen) atoms. The van der Waals surface area contributed by atoms with Gasteiger partial charge in [0.15, 0.2) is 10.7 Å². The lowest BCUT2D eigenvalue weighted by Gasteiger charge is -2.56. The molecule has 16 nitrogen and oxygen atoms in total. The average Bonchev–Trinajstić information content (AvgIpc) is 3.99. The Morgan fingerprint density at radius 2 is 1.83 bits per heavy atom. The van der Waals surface area contributed by atoms with Crippen molar-refractivity contribution >= 4 is 44.0 Å². The van der Waals surface area contributed by atoms with Crippen LogP contribution >= 0.6 is 0 Å². The number of amides is 1. The number of pyridine rings is 2. The van der Waals surface area contributed by atoms with Crippen molar-refractivity contribution < 1.29 is 32.7 Å². The number of sulfonamides is 1. The minimum atomic E-state index is -4.78. The van der Waals surface area contributed by atoms with Gasteiger partial charge in [0.25, 0.3) is 15.9 Å². The number of benzene rings is 3. The quantitative estimate of drug-likeness (QED) is 0.0672. The van der Waals surface area contributed by atoms with Crippen LogP contribution in [0, 0.1) is 15.5 Å². The smallest absolute Gasteiger partial charge is 0.300 e. The van der Waals surface area contributed by atoms with Gasteiger partial charge >= 0.3 is 5.69 Å². The summed E-state index contributed by atoms with van der Waals surface area (Å²) in [4.78, 5) is 42.3. The predicted molar refractivity (Wildman–Crippen MR) is 249 cm³/mol. The summed E-state index contributed by atoms with van der Waals surface area (Å²) in [6.07, 6.45) is 10.5. The number of hydrogen-bond donors (Lipinski definition) is 4. The third kappa shape index (κ3) is 8.48. The molecule has 1 saturated carbocycles. The number of aromatic nitrogens is 3. The Morgan fingerprint density at radius 1 is 1.05 bits per heavy atom. The number of aromatic hydroxyl groups is 1. The Balaban J connectivity index is 0.856. The number of ether oxygens (including phenoxy) is 2. The van der Waals surface area contributed by atoms with Crippen molar-refractivity contribution in [2.75, 3.05) is 36.5 Å². The summed E-state index contributed by atoms with van der Waals surface area (Å²) in [5, 5.41) is 25.0. The third-order valence-corrected chi connectivity index (χ3v) is 15.1. The third-order valence-electron chi connectivity index (χ3n) is 13.9. The number of nitrogens with one attached hydrogen (secondary N) is 3. The molecule has 6 heterocycles. The number of H-pyrrole nitrogens is 1. The molecule has 2 saturated heterocycles. The number of nitrogens with zero attached hydrogens (tertiary/aromatic N) is 5. The molecule has 3 aliphatic heterocycles. The minimum Gasteiger partial charge on any atom is -0.508 e. The number of piperidine rings is 1. The molecule has 10 rings (SSSR count). The van der Waals surface area contributed by atoms with Gasteiger partial charge in [0.05, 0.1) is 28.8 Å². The highest BCUT2D eigenvalue weighted by Gasteiger charge is 2.50. The molecule has 3 aromatic carbocycles. The number of nitro groups is 1. The van der Waals surface area contributed by atoms with Crippen molar-refractivity contribution in [3.63, 3.8) is 0 Å². The van der Waals surface area contributed by atoms with E-state index in [0.717, 1.165) is 55.2 Å². The molecule has 1 amide bonds. The summed E-state index contributed by atoms with van der Waals surface area (Å²) in [7, 11) is -4.78. The lowest BCUT2D eigenvalue weighted by Crippen LogP contribution is -2.54. The number of rotatable bonds is 12. The maximum absolute atomic E-state index is 14.1. The van der Waals surface area contributed by atoms with Crippen LogP contribution in [0.25, 0.3) is 11.0 Å². The number of likely N-dealkylation sites (tertiary alicyclic amines) is 1. The molecule has 0 unspecified atom stereocenters. The molecular formula is C49H52N8O8S. The van der Waals surface area contributed by atoms with Crippen molar-refractivity contribution in [3.8, 4) is 23.1 Å². The van der Waals surface area contributed by atoms with Gasteiger partial charge in [0, 0.05) is 48.5 Å². The number of aromatic amines is 1. The molecule has 0 radical (unpaired) electrons. The van der Waals surface area contributed by atoms with Crippen LogP contribution in [0.3, 0.4) is 0 Å². The Hall–Kier alpha value is -6.72. The first-order valence-electron chi connectivity index (χ1n) is 22.6. The van der Waals surface area contributed by atoms with Gasteiger partial charge in [-0.1, -0.05) is 50.2 Å². The van der Waals surface area contributed by atoms with E-state index in [2.05, 4.69) is 72.9 Å². The molecule has 0 bridgehead atoms. The number of carbonyl (C=O) groups is 1. The number of phenolic OH excluding ortho intramolecular Hbond substituents is 1. The topological polar surface area (TPSA) is 205 Å². The van der Waals surface area contributed by atoms with Crippen LogP contribution < -0.4 is 24.4 Å². The van der Waals surface area contributed by atoms with Crippen LogP contribution in [0.2, 0.25) is 0 Å². The number of fused-ring (bicyclic) bond motifs is 2. The standard InChI is InChI=1S/C49H52N8O8S/c1-30(2)38-6-3-4-7-39(38)41-8-5-19-56(41)35-26-49(27-35)16-20-55(21-17-49)34-11-14-40(43(24-34)65-37-23-32-15-18-50-46(32)51-28-37)47(59)54-66(62,63)44-25-42(57(60)61)45-48(53-44)64-29-33(52-45)22-31-9-12-36(58)13-10-31/h3-4,6-7,9-15,18,23-25,28,30,33,35,41,52,58H,5,8,16-17,19-22,26-27,29H2,1-2H3,(H,50,51)(H,54,59)/t33-,41-/m0/s1. The zero-order valence-corrected chi connectivity index (χ0v) is 37.6. The van der Waals surface area contributed by atoms with Gasteiger partial charge in [-0.15, -0.1) is 0 Å². The lowest BCUT2D eigenvalue weighted by molar-refractivity contribution is -0.384. The first-order chi connectivity index (χ1) is 31.8. The molecule has 1 spiro atoms. The summed E-state index contributed by atoms with van der Waals surface area (Å²) in [6.45, 7) is 7.36. The van der Waals surface area contributed by atoms with Crippen molar-refractivity contribution in [2.24, 2.45) is 5.41 Å². The summed E-state index contributed by atoms with van der Waals surface area (Å²) in [5.41, 5.74) is 4.81. The monoisotopic (exact) mass is 912 g/mol. The van der Waals surface area contributed by atoms with Crippen LogP contribution in [0.1, 0.15) is 91.4 Å². The van der Waals surface area contributed by atoms with E-state index < -0.39 is 37.6 Å². The highest BCUT2D eigenvalue weighted by atomic mass is 32.2. The maximum atomic E-state index is 14.1. The van der Waals surface area contributed by atoms with E-state index in [1.165, 1.54) is 61.2 Å². The Kier molecular flexibility index (Phi) is 11.3. The molecule has 3 fully saturated rings. The molecule has 342 valence electrons. The number of carbonyl (C=O) groups excluding carboxylic acids is 1. The first kappa shape index (κ1) is 43.2. The zero-order valence-electron chi connectivity index (χ0n) is 36.8. The van der Waals surface area contributed by atoms with E-state index in [4.69, 9.17) is 9.47 Å². The van der Waals surface area contributed by atoms with Crippen LogP contribution in [-0.4, -0.2) is 82.5 Å². The van der Waals surface area contributed by atoms with E-state index >= 15 is 0 Å². The van der Waals surface area contributed by atoms with E-state index in [9.17, 15) is 28.4 Å². The van der Waals surface area contributed by atoms with Crippen molar-refractivity contribution in [1.82, 2.24) is 24.6 Å². The number of hydrogen-bond acceptors (Lipinski definition) is 13. The van der Waals surface area contributed by atoms with Crippen molar-refractivity contribution in [3.05, 3.63) is 130 Å². The number of anilines is 2. The van der Waals surface area contributed by atoms with Crippen molar-refractivity contribution in [2.45, 2.75) is 87.9 Å². The fraction of sp³-hybridized carbons (Fsp3) is 0.367. The fourth-order valence-corrected chi connectivity index (χ4v) is 11.4. The van der Waals surface area contributed by atoms with Gasteiger partial charge in [0.2, 0.25) is 5.88 Å². The summed E-state index contributed by atoms with van der Waals surface area (Å²) < 4.78 is 41.9. The summed E-state index contributed by atoms with van der Waals surface area (Å²) >= 11 is 0. The van der Waals surface area contributed by atoms with E-state index in [1.54, 1.807) is 36.5 Å². The molecular weight excluding hydrogens is 861 g/mol. The Labute approximate surface area is 382 Å². The molecule has 4 aliphatic rings. The summed E-state index contributed by atoms with van der Waals surface area (Å²) in [6, 6.07) is 25.6. The maximum Gasteiger partial charge on any atom is 0.300 e. The van der Waals surface area contributed by atoms with Gasteiger partial charge < -0.3 is 29.8 Å². The predicted octanol–water partition coefficient (Wildman–Crippen LogP) is 8.61. The zero-order chi connectivity index (χ0) is 45.7. The van der Waals surface area contributed by atoms with Gasteiger partial charge in [-0.05, 0) is 116 Å². The van der Waals surface area contributed by atoms with Crippen LogP contribution in [0.4, 0.5) is 17.1 Å². The highest BCUT2D eigenvalue weighted by Crippen LogP contribution is 2.54. The van der Waals surface area contributed by atoms with Crippen LogP contribution in [0.15, 0.2) is 102 Å². The van der Waals surface area contributed by atoms with E-state index in [-0.39, 0.29) is 40.7 Å². The minimum absolute atomic E-state index is 0.0237. The molecule has 6 aromatic rings. The SMILES string of the molecule is CC(C)c1ccccc1[C@@H]1CCCN1C1CC2(CCN(c3ccc(C(=O)NS(=O)(=O)c4cc([N+](=O)[O-])c5c(n4)OC[C@H](Cc4ccc(O)cc4)N5)c(Oc4cnc5[nH]ccc5c4)c3)CC2)C1. The van der Waals surface area contributed by atoms with Gasteiger partial charge in [-0.25, -0.2) is 9.71 Å². The largest absolute Gasteiger partial charge is 0.508 e.